The lowest BCUT2D eigenvalue weighted by molar-refractivity contribution is -0.145. The number of rotatable bonds is 11. The summed E-state index contributed by atoms with van der Waals surface area (Å²) in [5.74, 6) is -1.32. The Morgan fingerprint density at radius 3 is 2.12 bits per heavy atom. The van der Waals surface area contributed by atoms with E-state index in [2.05, 4.69) is 10.6 Å². The summed E-state index contributed by atoms with van der Waals surface area (Å²) in [5, 5.41) is 5.17. The second kappa shape index (κ2) is 13.4. The third-order valence-electron chi connectivity index (χ3n) is 4.84. The number of hydrogen-bond acceptors (Lipinski definition) is 6. The monoisotopic (exact) mass is 474 g/mol. The minimum absolute atomic E-state index is 0.0647. The standard InChI is InChI=1S/C24H30N2O6S/c1-17(2)21(26-24(29)32-16-18-10-6-4-7-11-18)22(27)25-20(23(28)31-3)14-15-33(30)19-12-8-5-9-13-19/h4-13,17,20-21H,14-16H2,1-3H3,(H,25,27)(H,26,29)/t20-,21-,33-/m0/s1. The van der Waals surface area contributed by atoms with Crippen molar-refractivity contribution in [3.05, 3.63) is 66.2 Å². The summed E-state index contributed by atoms with van der Waals surface area (Å²) in [6.45, 7) is 3.59. The van der Waals surface area contributed by atoms with Crippen molar-refractivity contribution in [1.82, 2.24) is 10.6 Å². The maximum Gasteiger partial charge on any atom is 0.408 e. The molecule has 0 aliphatic rings. The molecule has 0 heterocycles. The SMILES string of the molecule is COC(=O)[C@H](CC[S@](=O)c1ccccc1)NC(=O)[C@@H](NC(=O)OCc1ccccc1)C(C)C. The molecule has 0 aliphatic carbocycles. The van der Waals surface area contributed by atoms with E-state index in [1.54, 1.807) is 38.1 Å². The summed E-state index contributed by atoms with van der Waals surface area (Å²) < 4.78 is 22.5. The van der Waals surface area contributed by atoms with Gasteiger partial charge in [-0.15, -0.1) is 0 Å². The van der Waals surface area contributed by atoms with Gasteiger partial charge in [0.2, 0.25) is 5.91 Å². The molecule has 0 fully saturated rings. The van der Waals surface area contributed by atoms with Gasteiger partial charge in [0, 0.05) is 10.6 Å². The zero-order chi connectivity index (χ0) is 24.2. The van der Waals surface area contributed by atoms with Gasteiger partial charge in [0.25, 0.3) is 0 Å². The Hall–Kier alpha value is -3.20. The van der Waals surface area contributed by atoms with Gasteiger partial charge in [-0.05, 0) is 30.0 Å². The third-order valence-corrected chi connectivity index (χ3v) is 6.24. The van der Waals surface area contributed by atoms with Gasteiger partial charge in [-0.25, -0.2) is 9.59 Å². The molecule has 2 aromatic rings. The van der Waals surface area contributed by atoms with Crippen molar-refractivity contribution in [3.63, 3.8) is 0 Å². The molecule has 0 bridgehead atoms. The van der Waals surface area contributed by atoms with Gasteiger partial charge >= 0.3 is 12.1 Å². The van der Waals surface area contributed by atoms with Crippen LogP contribution in [0.4, 0.5) is 4.79 Å². The van der Waals surface area contributed by atoms with E-state index in [0.29, 0.717) is 4.90 Å². The molecule has 0 unspecified atom stereocenters. The molecular weight excluding hydrogens is 444 g/mol. The highest BCUT2D eigenvalue weighted by atomic mass is 32.2. The van der Waals surface area contributed by atoms with E-state index in [-0.39, 0.29) is 24.7 Å². The summed E-state index contributed by atoms with van der Waals surface area (Å²) in [6.07, 6.45) is -0.629. The molecule has 0 saturated heterocycles. The van der Waals surface area contributed by atoms with E-state index in [4.69, 9.17) is 9.47 Å². The quantitative estimate of drug-likeness (QED) is 0.485. The van der Waals surface area contributed by atoms with Crippen LogP contribution in [0.5, 0.6) is 0 Å². The molecule has 0 spiro atoms. The number of amides is 2. The van der Waals surface area contributed by atoms with Crippen LogP contribution in [0.2, 0.25) is 0 Å². The van der Waals surface area contributed by atoms with Crippen LogP contribution in [0.25, 0.3) is 0 Å². The second-order valence-corrected chi connectivity index (χ2v) is 9.23. The van der Waals surface area contributed by atoms with E-state index in [1.807, 2.05) is 36.4 Å². The van der Waals surface area contributed by atoms with Gasteiger partial charge in [-0.1, -0.05) is 62.4 Å². The van der Waals surface area contributed by atoms with E-state index in [0.717, 1.165) is 5.56 Å². The molecule has 0 aromatic heterocycles. The number of ether oxygens (including phenoxy) is 2. The lowest BCUT2D eigenvalue weighted by Crippen LogP contribution is -2.54. The normalized spacial score (nSPS) is 13.5. The molecule has 2 N–H and O–H groups in total. The minimum Gasteiger partial charge on any atom is -0.467 e. The Morgan fingerprint density at radius 1 is 0.939 bits per heavy atom. The Bertz CT molecular complexity index is 936. The lowest BCUT2D eigenvalue weighted by Gasteiger charge is -2.24. The van der Waals surface area contributed by atoms with Crippen LogP contribution in [0.15, 0.2) is 65.6 Å². The summed E-state index contributed by atoms with van der Waals surface area (Å²) in [7, 11) is -0.119. The van der Waals surface area contributed by atoms with Gasteiger partial charge < -0.3 is 20.1 Å². The van der Waals surface area contributed by atoms with Crippen molar-refractivity contribution >= 4 is 28.8 Å². The molecule has 2 amide bonds. The van der Waals surface area contributed by atoms with Crippen LogP contribution in [0.1, 0.15) is 25.8 Å². The Labute approximate surface area is 196 Å². The van der Waals surface area contributed by atoms with Crippen molar-refractivity contribution in [2.24, 2.45) is 5.92 Å². The minimum atomic E-state index is -1.34. The lowest BCUT2D eigenvalue weighted by atomic mass is 10.0. The first kappa shape index (κ1) is 26.1. The Balaban J connectivity index is 1.96. The van der Waals surface area contributed by atoms with Crippen LogP contribution in [-0.4, -0.2) is 47.1 Å². The molecule has 33 heavy (non-hydrogen) atoms. The van der Waals surface area contributed by atoms with Crippen molar-refractivity contribution in [3.8, 4) is 0 Å². The van der Waals surface area contributed by atoms with Gasteiger partial charge in [-0.2, -0.15) is 0 Å². The Morgan fingerprint density at radius 2 is 1.55 bits per heavy atom. The highest BCUT2D eigenvalue weighted by molar-refractivity contribution is 7.85. The average Bonchev–Trinajstić information content (AvgIpc) is 2.83. The third kappa shape index (κ3) is 8.69. The maximum absolute atomic E-state index is 12.9. The number of hydrogen-bond donors (Lipinski definition) is 2. The number of methoxy groups -OCH3 is 1. The molecule has 0 radical (unpaired) electrons. The summed E-state index contributed by atoms with van der Waals surface area (Å²) in [5.41, 5.74) is 0.815. The second-order valence-electron chi connectivity index (χ2n) is 7.66. The zero-order valence-electron chi connectivity index (χ0n) is 19.0. The van der Waals surface area contributed by atoms with Gasteiger partial charge in [0.1, 0.15) is 18.7 Å². The predicted molar refractivity (Wildman–Crippen MR) is 125 cm³/mol. The van der Waals surface area contributed by atoms with E-state index in [1.165, 1.54) is 7.11 Å². The molecule has 3 atom stereocenters. The Kier molecular flexibility index (Phi) is 10.6. The first-order valence-corrected chi connectivity index (χ1v) is 11.9. The largest absolute Gasteiger partial charge is 0.467 e. The first-order valence-electron chi connectivity index (χ1n) is 10.6. The number of carbonyl (C=O) groups is 3. The predicted octanol–water partition coefficient (Wildman–Crippen LogP) is 2.79. The topological polar surface area (TPSA) is 111 Å². The number of benzene rings is 2. The van der Waals surface area contributed by atoms with E-state index >= 15 is 0 Å². The maximum atomic E-state index is 12.9. The number of carbonyl (C=O) groups excluding carboxylic acids is 3. The summed E-state index contributed by atoms with van der Waals surface area (Å²) in [6, 6.07) is 16.1. The zero-order valence-corrected chi connectivity index (χ0v) is 19.8. The van der Waals surface area contributed by atoms with Crippen LogP contribution >= 0.6 is 0 Å². The fourth-order valence-electron chi connectivity index (χ4n) is 2.99. The summed E-state index contributed by atoms with van der Waals surface area (Å²) in [4.78, 5) is 38.0. The average molecular weight is 475 g/mol. The van der Waals surface area contributed by atoms with Crippen molar-refractivity contribution in [2.45, 2.75) is 43.9 Å². The fraction of sp³-hybridized carbons (Fsp3) is 0.375. The van der Waals surface area contributed by atoms with Crippen molar-refractivity contribution < 1.29 is 28.1 Å². The number of esters is 1. The molecule has 8 nitrogen and oxygen atoms in total. The molecule has 2 aromatic carbocycles. The smallest absolute Gasteiger partial charge is 0.408 e. The van der Waals surface area contributed by atoms with Gasteiger partial charge in [-0.3, -0.25) is 9.00 Å². The van der Waals surface area contributed by atoms with E-state index in [9.17, 15) is 18.6 Å². The highest BCUT2D eigenvalue weighted by Gasteiger charge is 2.30. The van der Waals surface area contributed by atoms with Gasteiger partial charge in [0.05, 0.1) is 17.9 Å². The number of nitrogens with one attached hydrogen (secondary N) is 2. The first-order chi connectivity index (χ1) is 15.8. The highest BCUT2D eigenvalue weighted by Crippen LogP contribution is 2.10. The van der Waals surface area contributed by atoms with Crippen LogP contribution in [0.3, 0.4) is 0 Å². The fourth-order valence-corrected chi connectivity index (χ4v) is 4.14. The molecule has 0 aliphatic heterocycles. The van der Waals surface area contributed by atoms with Crippen LogP contribution in [-0.2, 0) is 36.5 Å². The van der Waals surface area contributed by atoms with Crippen LogP contribution in [0, 0.1) is 5.92 Å². The van der Waals surface area contributed by atoms with Crippen molar-refractivity contribution in [1.29, 1.82) is 0 Å². The summed E-state index contributed by atoms with van der Waals surface area (Å²) >= 11 is 0. The molecule has 178 valence electrons. The van der Waals surface area contributed by atoms with Crippen LogP contribution < -0.4 is 10.6 Å². The number of alkyl carbamates (subject to hydrolysis) is 1. The van der Waals surface area contributed by atoms with Gasteiger partial charge in [0.15, 0.2) is 0 Å². The molecule has 9 heteroatoms. The molecular formula is C24H30N2O6S. The molecule has 0 saturated carbocycles. The van der Waals surface area contributed by atoms with Crippen molar-refractivity contribution in [2.75, 3.05) is 12.9 Å². The molecule has 2 rings (SSSR count). The van der Waals surface area contributed by atoms with E-state index < -0.39 is 40.9 Å².